The summed E-state index contributed by atoms with van der Waals surface area (Å²) in [5.74, 6) is 0.651. The van der Waals surface area contributed by atoms with Gasteiger partial charge in [0.2, 0.25) is 0 Å². The highest BCUT2D eigenvalue weighted by Crippen LogP contribution is 2.20. The lowest BCUT2D eigenvalue weighted by Gasteiger charge is -2.03. The Morgan fingerprint density at radius 3 is 2.88 bits per heavy atom. The van der Waals surface area contributed by atoms with Crippen LogP contribution in [-0.4, -0.2) is 21.7 Å². The first-order valence-corrected chi connectivity index (χ1v) is 6.52. The topological polar surface area (TPSA) is 50.7 Å². The minimum atomic E-state index is 0.651. The van der Waals surface area contributed by atoms with E-state index < -0.39 is 0 Å². The molecule has 1 N–H and O–H groups in total. The summed E-state index contributed by atoms with van der Waals surface area (Å²) in [6.45, 7) is 6.15. The van der Waals surface area contributed by atoms with Gasteiger partial charge in [-0.05, 0) is 24.6 Å². The summed E-state index contributed by atoms with van der Waals surface area (Å²) < 4.78 is 0. The third kappa shape index (κ3) is 3.57. The Balaban J connectivity index is 1.97. The quantitative estimate of drug-likeness (QED) is 0.882. The molecule has 2 heterocycles. The fourth-order valence-corrected chi connectivity index (χ4v) is 2.17. The Labute approximate surface area is 105 Å². The van der Waals surface area contributed by atoms with E-state index >= 15 is 0 Å². The maximum atomic E-state index is 4.26. The SMILES string of the molecule is CC(C)CNCc1nnc(-c2ccccn2)s1. The van der Waals surface area contributed by atoms with Crippen LogP contribution < -0.4 is 5.32 Å². The zero-order valence-electron chi connectivity index (χ0n) is 10.1. The molecule has 2 aromatic rings. The maximum absolute atomic E-state index is 4.26. The Bertz CT molecular complexity index is 453. The third-order valence-corrected chi connectivity index (χ3v) is 3.13. The second kappa shape index (κ2) is 5.84. The van der Waals surface area contributed by atoms with Crippen LogP contribution >= 0.6 is 11.3 Å². The fraction of sp³-hybridized carbons (Fsp3) is 0.417. The maximum Gasteiger partial charge on any atom is 0.166 e. The molecular weight excluding hydrogens is 232 g/mol. The van der Waals surface area contributed by atoms with Crippen molar-refractivity contribution in [1.82, 2.24) is 20.5 Å². The lowest BCUT2D eigenvalue weighted by atomic mass is 10.2. The van der Waals surface area contributed by atoms with Crippen molar-refractivity contribution >= 4 is 11.3 Å². The van der Waals surface area contributed by atoms with Gasteiger partial charge in [0.1, 0.15) is 10.7 Å². The largest absolute Gasteiger partial charge is 0.310 e. The van der Waals surface area contributed by atoms with E-state index in [1.807, 2.05) is 18.2 Å². The lowest BCUT2D eigenvalue weighted by molar-refractivity contribution is 0.550. The Morgan fingerprint density at radius 2 is 2.18 bits per heavy atom. The van der Waals surface area contributed by atoms with Crippen molar-refractivity contribution in [2.24, 2.45) is 5.92 Å². The summed E-state index contributed by atoms with van der Waals surface area (Å²) in [7, 11) is 0. The average Bonchev–Trinajstić information content (AvgIpc) is 2.78. The summed E-state index contributed by atoms with van der Waals surface area (Å²) in [5, 5.41) is 13.5. The van der Waals surface area contributed by atoms with E-state index in [-0.39, 0.29) is 0 Å². The van der Waals surface area contributed by atoms with E-state index in [0.717, 1.165) is 28.8 Å². The van der Waals surface area contributed by atoms with Crippen molar-refractivity contribution in [2.75, 3.05) is 6.54 Å². The van der Waals surface area contributed by atoms with E-state index in [4.69, 9.17) is 0 Å². The molecule has 0 spiro atoms. The van der Waals surface area contributed by atoms with Crippen LogP contribution in [0.1, 0.15) is 18.9 Å². The standard InChI is InChI=1S/C12H16N4S/c1-9(2)7-13-8-11-15-16-12(17-11)10-5-3-4-6-14-10/h3-6,9,13H,7-8H2,1-2H3. The molecule has 5 heteroatoms. The van der Waals surface area contributed by atoms with Crippen LogP contribution in [0.25, 0.3) is 10.7 Å². The summed E-state index contributed by atoms with van der Waals surface area (Å²) in [6.07, 6.45) is 1.77. The van der Waals surface area contributed by atoms with E-state index in [1.54, 1.807) is 17.5 Å². The zero-order chi connectivity index (χ0) is 12.1. The van der Waals surface area contributed by atoms with Gasteiger partial charge in [-0.1, -0.05) is 31.3 Å². The van der Waals surface area contributed by atoms with Crippen LogP contribution in [0.4, 0.5) is 0 Å². The van der Waals surface area contributed by atoms with Gasteiger partial charge in [-0.25, -0.2) is 0 Å². The highest BCUT2D eigenvalue weighted by molar-refractivity contribution is 7.14. The van der Waals surface area contributed by atoms with Gasteiger partial charge in [0.25, 0.3) is 0 Å². The normalized spacial score (nSPS) is 11.0. The van der Waals surface area contributed by atoms with Crippen LogP contribution in [0, 0.1) is 5.92 Å². The molecule has 0 aliphatic rings. The lowest BCUT2D eigenvalue weighted by Crippen LogP contribution is -2.18. The van der Waals surface area contributed by atoms with Gasteiger partial charge in [-0.15, -0.1) is 10.2 Å². The van der Waals surface area contributed by atoms with Crippen LogP contribution in [-0.2, 0) is 6.54 Å². The summed E-state index contributed by atoms with van der Waals surface area (Å²) in [4.78, 5) is 4.26. The van der Waals surface area contributed by atoms with Gasteiger partial charge >= 0.3 is 0 Å². The van der Waals surface area contributed by atoms with Crippen molar-refractivity contribution in [3.63, 3.8) is 0 Å². The van der Waals surface area contributed by atoms with Crippen molar-refractivity contribution < 1.29 is 0 Å². The predicted octanol–water partition coefficient (Wildman–Crippen LogP) is 2.35. The molecule has 0 bridgehead atoms. The van der Waals surface area contributed by atoms with E-state index in [1.165, 1.54) is 0 Å². The first-order chi connectivity index (χ1) is 8.25. The number of pyridine rings is 1. The minimum absolute atomic E-state index is 0.651. The third-order valence-electron chi connectivity index (χ3n) is 2.18. The second-order valence-electron chi connectivity index (χ2n) is 4.24. The monoisotopic (exact) mass is 248 g/mol. The molecule has 0 aromatic carbocycles. The molecule has 0 saturated carbocycles. The second-order valence-corrected chi connectivity index (χ2v) is 5.30. The average molecular weight is 248 g/mol. The molecule has 0 aliphatic carbocycles. The molecule has 0 atom stereocenters. The van der Waals surface area contributed by atoms with Crippen LogP contribution in [0.3, 0.4) is 0 Å². The summed E-state index contributed by atoms with van der Waals surface area (Å²) in [5.41, 5.74) is 0.889. The van der Waals surface area contributed by atoms with Crippen LogP contribution in [0.2, 0.25) is 0 Å². The Hall–Kier alpha value is -1.33. The number of nitrogens with zero attached hydrogens (tertiary/aromatic N) is 3. The number of aromatic nitrogens is 3. The molecule has 90 valence electrons. The molecule has 17 heavy (non-hydrogen) atoms. The summed E-state index contributed by atoms with van der Waals surface area (Å²) in [6, 6.07) is 5.81. The minimum Gasteiger partial charge on any atom is -0.310 e. The Kier molecular flexibility index (Phi) is 4.17. The van der Waals surface area contributed by atoms with Gasteiger partial charge in [0.15, 0.2) is 5.01 Å². The number of rotatable bonds is 5. The molecule has 0 fully saturated rings. The molecule has 2 aromatic heterocycles. The first kappa shape index (κ1) is 12.1. The van der Waals surface area contributed by atoms with Crippen molar-refractivity contribution in [3.8, 4) is 10.7 Å². The number of hydrogen-bond donors (Lipinski definition) is 1. The van der Waals surface area contributed by atoms with Crippen molar-refractivity contribution in [2.45, 2.75) is 20.4 Å². The molecule has 0 radical (unpaired) electrons. The molecule has 0 aliphatic heterocycles. The molecule has 0 unspecified atom stereocenters. The summed E-state index contributed by atoms with van der Waals surface area (Å²) >= 11 is 1.59. The van der Waals surface area contributed by atoms with Gasteiger partial charge in [-0.3, -0.25) is 4.98 Å². The van der Waals surface area contributed by atoms with Gasteiger partial charge in [-0.2, -0.15) is 0 Å². The highest BCUT2D eigenvalue weighted by Gasteiger charge is 2.06. The van der Waals surface area contributed by atoms with E-state index in [0.29, 0.717) is 5.92 Å². The molecule has 0 amide bonds. The number of hydrogen-bond acceptors (Lipinski definition) is 5. The zero-order valence-corrected chi connectivity index (χ0v) is 10.9. The van der Waals surface area contributed by atoms with E-state index in [2.05, 4.69) is 34.3 Å². The van der Waals surface area contributed by atoms with Crippen LogP contribution in [0.15, 0.2) is 24.4 Å². The molecular formula is C12H16N4S. The molecule has 2 rings (SSSR count). The van der Waals surface area contributed by atoms with Crippen molar-refractivity contribution in [3.05, 3.63) is 29.4 Å². The predicted molar refractivity (Wildman–Crippen MR) is 69.7 cm³/mol. The van der Waals surface area contributed by atoms with Gasteiger partial charge in [0, 0.05) is 12.7 Å². The van der Waals surface area contributed by atoms with Crippen molar-refractivity contribution in [1.29, 1.82) is 0 Å². The molecule has 4 nitrogen and oxygen atoms in total. The number of nitrogens with one attached hydrogen (secondary N) is 1. The van der Waals surface area contributed by atoms with Crippen LogP contribution in [0.5, 0.6) is 0 Å². The Morgan fingerprint density at radius 1 is 1.29 bits per heavy atom. The van der Waals surface area contributed by atoms with E-state index in [9.17, 15) is 0 Å². The smallest absolute Gasteiger partial charge is 0.166 e. The fourth-order valence-electron chi connectivity index (χ4n) is 1.39. The first-order valence-electron chi connectivity index (χ1n) is 5.70. The van der Waals surface area contributed by atoms with Gasteiger partial charge < -0.3 is 5.32 Å². The highest BCUT2D eigenvalue weighted by atomic mass is 32.1. The molecule has 0 saturated heterocycles. The van der Waals surface area contributed by atoms with Gasteiger partial charge in [0.05, 0.1) is 0 Å².